The van der Waals surface area contributed by atoms with Crippen molar-refractivity contribution in [3.05, 3.63) is 47.0 Å². The highest BCUT2D eigenvalue weighted by atomic mass is 15.0. The van der Waals surface area contributed by atoms with Crippen molar-refractivity contribution in [3.63, 3.8) is 0 Å². The van der Waals surface area contributed by atoms with Crippen molar-refractivity contribution in [1.29, 1.82) is 5.26 Å². The number of pyridine rings is 1. The Morgan fingerprint density at radius 1 is 1.22 bits per heavy atom. The number of nitriles is 1. The van der Waals surface area contributed by atoms with Gasteiger partial charge >= 0.3 is 0 Å². The second-order valence-electron chi connectivity index (χ2n) is 4.41. The van der Waals surface area contributed by atoms with Crippen LogP contribution in [-0.2, 0) is 12.8 Å². The van der Waals surface area contributed by atoms with Crippen LogP contribution in [0.1, 0.15) is 16.7 Å². The fourth-order valence-electron chi connectivity index (χ4n) is 2.49. The lowest BCUT2D eigenvalue weighted by Crippen LogP contribution is -2.08. The Morgan fingerprint density at radius 3 is 2.78 bits per heavy atom. The van der Waals surface area contributed by atoms with Gasteiger partial charge in [-0.1, -0.05) is 24.3 Å². The van der Waals surface area contributed by atoms with E-state index in [0.717, 1.165) is 18.5 Å². The molecule has 0 saturated carbocycles. The number of aromatic nitrogens is 1. The molecule has 0 fully saturated rings. The molecule has 0 radical (unpaired) electrons. The standard InChI is InChI=1S/C15H13N3/c1-17-15-12(9-16)8-11-7-6-10-4-2-3-5-13(10)14(11)18-15/h2-5,8H,6-7H2,1H3,(H,17,18). The topological polar surface area (TPSA) is 48.7 Å². The average molecular weight is 235 g/mol. The van der Waals surface area contributed by atoms with Crippen molar-refractivity contribution in [3.8, 4) is 17.3 Å². The maximum atomic E-state index is 9.12. The zero-order chi connectivity index (χ0) is 12.5. The fraction of sp³-hybridized carbons (Fsp3) is 0.200. The van der Waals surface area contributed by atoms with Crippen LogP contribution in [0.25, 0.3) is 11.3 Å². The van der Waals surface area contributed by atoms with Crippen molar-refractivity contribution < 1.29 is 0 Å². The van der Waals surface area contributed by atoms with Crippen LogP contribution in [0.2, 0.25) is 0 Å². The van der Waals surface area contributed by atoms with Crippen LogP contribution < -0.4 is 5.32 Å². The average Bonchev–Trinajstić information content (AvgIpc) is 2.45. The Kier molecular flexibility index (Phi) is 2.49. The third kappa shape index (κ3) is 1.54. The van der Waals surface area contributed by atoms with Crippen molar-refractivity contribution >= 4 is 5.82 Å². The number of nitrogens with one attached hydrogen (secondary N) is 1. The van der Waals surface area contributed by atoms with E-state index in [1.165, 1.54) is 16.7 Å². The lowest BCUT2D eigenvalue weighted by atomic mass is 9.88. The van der Waals surface area contributed by atoms with Gasteiger partial charge in [-0.05, 0) is 30.0 Å². The summed E-state index contributed by atoms with van der Waals surface area (Å²) in [6, 6.07) is 12.5. The molecular weight excluding hydrogens is 222 g/mol. The number of hydrogen-bond acceptors (Lipinski definition) is 3. The molecule has 1 aliphatic carbocycles. The predicted molar refractivity (Wildman–Crippen MR) is 71.3 cm³/mol. The quantitative estimate of drug-likeness (QED) is 0.826. The summed E-state index contributed by atoms with van der Waals surface area (Å²) in [6.45, 7) is 0. The van der Waals surface area contributed by atoms with Gasteiger partial charge in [0.15, 0.2) is 0 Å². The summed E-state index contributed by atoms with van der Waals surface area (Å²) in [5.41, 5.74) is 5.34. The molecule has 1 aliphatic rings. The van der Waals surface area contributed by atoms with Gasteiger partial charge in [0.05, 0.1) is 11.3 Å². The highest BCUT2D eigenvalue weighted by molar-refractivity contribution is 5.73. The largest absolute Gasteiger partial charge is 0.372 e. The van der Waals surface area contributed by atoms with Gasteiger partial charge in [0.1, 0.15) is 11.9 Å². The molecule has 0 atom stereocenters. The van der Waals surface area contributed by atoms with E-state index in [2.05, 4.69) is 34.6 Å². The van der Waals surface area contributed by atoms with Crippen LogP contribution in [0.5, 0.6) is 0 Å². The minimum atomic E-state index is 0.621. The first-order valence-electron chi connectivity index (χ1n) is 6.03. The molecule has 88 valence electrons. The van der Waals surface area contributed by atoms with Crippen molar-refractivity contribution in [2.75, 3.05) is 12.4 Å². The monoisotopic (exact) mass is 235 g/mol. The van der Waals surface area contributed by atoms with E-state index >= 15 is 0 Å². The zero-order valence-corrected chi connectivity index (χ0v) is 10.2. The first kappa shape index (κ1) is 10.8. The summed E-state index contributed by atoms with van der Waals surface area (Å²) in [6.07, 6.45) is 1.98. The Bertz CT molecular complexity index is 653. The van der Waals surface area contributed by atoms with Crippen LogP contribution in [-0.4, -0.2) is 12.0 Å². The van der Waals surface area contributed by atoms with Gasteiger partial charge in [-0.15, -0.1) is 0 Å². The summed E-state index contributed by atoms with van der Waals surface area (Å²) in [5, 5.41) is 12.1. The third-order valence-corrected chi connectivity index (χ3v) is 3.39. The second kappa shape index (κ2) is 4.15. The number of hydrogen-bond donors (Lipinski definition) is 1. The Balaban J connectivity index is 2.25. The fourth-order valence-corrected chi connectivity index (χ4v) is 2.49. The van der Waals surface area contributed by atoms with E-state index in [1.54, 1.807) is 7.05 Å². The Morgan fingerprint density at radius 2 is 2.00 bits per heavy atom. The Hall–Kier alpha value is -2.34. The molecule has 1 aromatic heterocycles. The lowest BCUT2D eigenvalue weighted by molar-refractivity contribution is 0.926. The molecule has 18 heavy (non-hydrogen) atoms. The molecule has 1 N–H and O–H groups in total. The van der Waals surface area contributed by atoms with E-state index in [9.17, 15) is 0 Å². The van der Waals surface area contributed by atoms with Crippen LogP contribution >= 0.6 is 0 Å². The van der Waals surface area contributed by atoms with Gasteiger partial charge in [0, 0.05) is 12.6 Å². The molecule has 0 amide bonds. The Labute approximate surface area is 106 Å². The SMILES string of the molecule is CNc1nc2c(cc1C#N)CCc1ccccc1-2. The molecule has 0 aliphatic heterocycles. The third-order valence-electron chi connectivity index (χ3n) is 3.39. The molecule has 0 bridgehead atoms. The molecule has 3 nitrogen and oxygen atoms in total. The van der Waals surface area contributed by atoms with E-state index < -0.39 is 0 Å². The minimum absolute atomic E-state index is 0.621. The number of fused-ring (bicyclic) bond motifs is 3. The lowest BCUT2D eigenvalue weighted by Gasteiger charge is -2.20. The molecular formula is C15H13N3. The molecule has 3 rings (SSSR count). The first-order valence-corrected chi connectivity index (χ1v) is 6.03. The number of nitrogens with zero attached hydrogens (tertiary/aromatic N) is 2. The van der Waals surface area contributed by atoms with Crippen LogP contribution in [0, 0.1) is 11.3 Å². The van der Waals surface area contributed by atoms with Gasteiger partial charge in [-0.25, -0.2) is 4.98 Å². The summed E-state index contributed by atoms with van der Waals surface area (Å²) in [4.78, 5) is 4.61. The summed E-state index contributed by atoms with van der Waals surface area (Å²) < 4.78 is 0. The maximum Gasteiger partial charge on any atom is 0.144 e. The van der Waals surface area contributed by atoms with Crippen LogP contribution in [0.3, 0.4) is 0 Å². The molecule has 1 aromatic carbocycles. The molecule has 0 spiro atoms. The predicted octanol–water partition coefficient (Wildman–Crippen LogP) is 2.76. The minimum Gasteiger partial charge on any atom is -0.372 e. The van der Waals surface area contributed by atoms with Crippen LogP contribution in [0.4, 0.5) is 5.82 Å². The highest BCUT2D eigenvalue weighted by Crippen LogP contribution is 2.33. The smallest absolute Gasteiger partial charge is 0.144 e. The summed E-state index contributed by atoms with van der Waals surface area (Å²) in [5.74, 6) is 0.660. The summed E-state index contributed by atoms with van der Waals surface area (Å²) >= 11 is 0. The second-order valence-corrected chi connectivity index (χ2v) is 4.41. The number of benzene rings is 1. The van der Waals surface area contributed by atoms with Gasteiger partial charge in [0.2, 0.25) is 0 Å². The van der Waals surface area contributed by atoms with E-state index in [0.29, 0.717) is 11.4 Å². The van der Waals surface area contributed by atoms with Gasteiger partial charge in [-0.2, -0.15) is 5.26 Å². The van der Waals surface area contributed by atoms with Crippen LogP contribution in [0.15, 0.2) is 30.3 Å². The number of aryl methyl sites for hydroxylation is 2. The van der Waals surface area contributed by atoms with Gasteiger partial charge in [-0.3, -0.25) is 0 Å². The van der Waals surface area contributed by atoms with Crippen molar-refractivity contribution in [2.24, 2.45) is 0 Å². The maximum absolute atomic E-state index is 9.12. The molecule has 2 aromatic rings. The van der Waals surface area contributed by atoms with E-state index in [-0.39, 0.29) is 0 Å². The zero-order valence-electron chi connectivity index (χ0n) is 10.2. The van der Waals surface area contributed by atoms with Crippen molar-refractivity contribution in [1.82, 2.24) is 4.98 Å². The molecule has 0 saturated heterocycles. The molecule has 3 heteroatoms. The molecule has 1 heterocycles. The van der Waals surface area contributed by atoms with Gasteiger partial charge < -0.3 is 5.32 Å². The van der Waals surface area contributed by atoms with E-state index in [4.69, 9.17) is 5.26 Å². The van der Waals surface area contributed by atoms with E-state index in [1.807, 2.05) is 12.1 Å². The number of rotatable bonds is 1. The molecule has 0 unspecified atom stereocenters. The first-order chi connectivity index (χ1) is 8.83. The summed E-state index contributed by atoms with van der Waals surface area (Å²) in [7, 11) is 1.80. The van der Waals surface area contributed by atoms with Crippen molar-refractivity contribution in [2.45, 2.75) is 12.8 Å². The normalized spacial score (nSPS) is 12.2. The highest BCUT2D eigenvalue weighted by Gasteiger charge is 2.19. The van der Waals surface area contributed by atoms with Gasteiger partial charge in [0.25, 0.3) is 0 Å². The number of anilines is 1.